The highest BCUT2D eigenvalue weighted by molar-refractivity contribution is 7.18. The highest BCUT2D eigenvalue weighted by Gasteiger charge is 2.31. The van der Waals surface area contributed by atoms with E-state index in [2.05, 4.69) is 17.4 Å². The first-order valence-electron chi connectivity index (χ1n) is 11.0. The third-order valence-electron chi connectivity index (χ3n) is 5.75. The van der Waals surface area contributed by atoms with Crippen LogP contribution in [0.25, 0.3) is 10.2 Å². The number of carbonyl (C=O) groups excluding carboxylic acids is 2. The molecule has 5 nitrogen and oxygen atoms in total. The SMILES string of the molecule is CC(C)CC(=O)NC(C(=O)N1CCC(c2nc3ccccc3s2)CC1)c1ccccc1. The molecule has 1 N–H and O–H groups in total. The van der Waals surface area contributed by atoms with Crippen LogP contribution in [-0.4, -0.2) is 34.8 Å². The number of carbonyl (C=O) groups is 2. The molecule has 162 valence electrons. The molecule has 31 heavy (non-hydrogen) atoms. The standard InChI is InChI=1S/C25H29N3O2S/c1-17(2)16-22(29)27-23(18-8-4-3-5-9-18)25(30)28-14-12-19(13-15-28)24-26-20-10-6-7-11-21(20)31-24/h3-11,17,19,23H,12-16H2,1-2H3,(H,27,29). The van der Waals surface area contributed by atoms with Gasteiger partial charge >= 0.3 is 0 Å². The lowest BCUT2D eigenvalue weighted by atomic mass is 9.96. The zero-order valence-electron chi connectivity index (χ0n) is 18.1. The fourth-order valence-electron chi connectivity index (χ4n) is 4.12. The third kappa shape index (κ3) is 5.13. The van der Waals surface area contributed by atoms with E-state index in [1.165, 1.54) is 4.70 Å². The van der Waals surface area contributed by atoms with Crippen LogP contribution >= 0.6 is 11.3 Å². The first-order chi connectivity index (χ1) is 15.0. The first-order valence-corrected chi connectivity index (χ1v) is 11.8. The Morgan fingerprint density at radius 3 is 2.42 bits per heavy atom. The zero-order chi connectivity index (χ0) is 21.8. The summed E-state index contributed by atoms with van der Waals surface area (Å²) in [5.41, 5.74) is 1.89. The predicted molar refractivity (Wildman–Crippen MR) is 125 cm³/mol. The minimum Gasteiger partial charge on any atom is -0.341 e. The lowest BCUT2D eigenvalue weighted by Crippen LogP contribution is -2.46. The molecule has 0 radical (unpaired) electrons. The van der Waals surface area contributed by atoms with Crippen molar-refractivity contribution in [3.8, 4) is 0 Å². The summed E-state index contributed by atoms with van der Waals surface area (Å²) in [5.74, 6) is 0.524. The van der Waals surface area contributed by atoms with Gasteiger partial charge in [-0.3, -0.25) is 9.59 Å². The molecule has 1 fully saturated rings. The maximum absolute atomic E-state index is 13.4. The number of hydrogen-bond donors (Lipinski definition) is 1. The average Bonchev–Trinajstić information content (AvgIpc) is 3.22. The number of hydrogen-bond acceptors (Lipinski definition) is 4. The minimum atomic E-state index is -0.633. The Hall–Kier alpha value is -2.73. The molecule has 0 aliphatic carbocycles. The van der Waals surface area contributed by atoms with Crippen molar-refractivity contribution in [3.63, 3.8) is 0 Å². The second-order valence-electron chi connectivity index (χ2n) is 8.63. The van der Waals surface area contributed by atoms with Gasteiger partial charge < -0.3 is 10.2 Å². The number of likely N-dealkylation sites (tertiary alicyclic amines) is 1. The molecule has 1 atom stereocenters. The molecule has 4 rings (SSSR count). The summed E-state index contributed by atoms with van der Waals surface area (Å²) in [6.07, 6.45) is 2.20. The van der Waals surface area contributed by atoms with Crippen LogP contribution in [0.3, 0.4) is 0 Å². The number of rotatable bonds is 6. The van der Waals surface area contributed by atoms with Crippen molar-refractivity contribution in [1.29, 1.82) is 0 Å². The van der Waals surface area contributed by atoms with E-state index in [9.17, 15) is 9.59 Å². The predicted octanol–water partition coefficient (Wildman–Crippen LogP) is 4.91. The zero-order valence-corrected chi connectivity index (χ0v) is 18.9. The molecule has 2 aromatic carbocycles. The van der Waals surface area contributed by atoms with E-state index in [0.717, 1.165) is 28.9 Å². The second-order valence-corrected chi connectivity index (χ2v) is 9.69. The molecule has 0 spiro atoms. The van der Waals surface area contributed by atoms with Gasteiger partial charge in [0.2, 0.25) is 11.8 Å². The number of fused-ring (bicyclic) bond motifs is 1. The Morgan fingerprint density at radius 1 is 1.06 bits per heavy atom. The van der Waals surface area contributed by atoms with E-state index in [1.54, 1.807) is 11.3 Å². The molecule has 1 unspecified atom stereocenters. The summed E-state index contributed by atoms with van der Waals surface area (Å²) >= 11 is 1.76. The molecule has 1 aliphatic heterocycles. The maximum atomic E-state index is 13.4. The third-order valence-corrected chi connectivity index (χ3v) is 6.94. The summed E-state index contributed by atoms with van der Waals surface area (Å²) in [7, 11) is 0. The van der Waals surface area contributed by atoms with Gasteiger partial charge in [-0.15, -0.1) is 11.3 Å². The Morgan fingerprint density at radius 2 is 1.74 bits per heavy atom. The van der Waals surface area contributed by atoms with Crippen LogP contribution in [0.2, 0.25) is 0 Å². The van der Waals surface area contributed by atoms with Crippen LogP contribution in [0.1, 0.15) is 55.6 Å². The minimum absolute atomic E-state index is 0.0222. The van der Waals surface area contributed by atoms with Crippen molar-refractivity contribution < 1.29 is 9.59 Å². The molecule has 1 aliphatic rings. The number of piperidine rings is 1. The van der Waals surface area contributed by atoms with E-state index >= 15 is 0 Å². The summed E-state index contributed by atoms with van der Waals surface area (Å²) in [6.45, 7) is 5.38. The van der Waals surface area contributed by atoms with Gasteiger partial charge in [0.15, 0.2) is 0 Å². The van der Waals surface area contributed by atoms with Crippen molar-refractivity contribution in [2.75, 3.05) is 13.1 Å². The summed E-state index contributed by atoms with van der Waals surface area (Å²) in [5, 5.41) is 4.15. The Labute approximate surface area is 187 Å². The number of benzene rings is 2. The molecule has 1 aromatic heterocycles. The van der Waals surface area contributed by atoms with Gasteiger partial charge in [-0.1, -0.05) is 56.3 Å². The van der Waals surface area contributed by atoms with Crippen molar-refractivity contribution >= 4 is 33.4 Å². The van der Waals surface area contributed by atoms with Crippen LogP contribution in [0.5, 0.6) is 0 Å². The highest BCUT2D eigenvalue weighted by atomic mass is 32.1. The molecule has 0 bridgehead atoms. The molecular formula is C25H29N3O2S. The lowest BCUT2D eigenvalue weighted by Gasteiger charge is -2.34. The quantitative estimate of drug-likeness (QED) is 0.599. The highest BCUT2D eigenvalue weighted by Crippen LogP contribution is 2.34. The van der Waals surface area contributed by atoms with E-state index in [4.69, 9.17) is 4.98 Å². The number of nitrogens with one attached hydrogen (secondary N) is 1. The Kier molecular flexibility index (Phi) is 6.66. The topological polar surface area (TPSA) is 62.3 Å². The normalized spacial score (nSPS) is 15.9. The van der Waals surface area contributed by atoms with Gasteiger partial charge in [0.25, 0.3) is 0 Å². The smallest absolute Gasteiger partial charge is 0.249 e. The van der Waals surface area contributed by atoms with Crippen LogP contribution < -0.4 is 5.32 Å². The van der Waals surface area contributed by atoms with Crippen LogP contribution in [0.15, 0.2) is 54.6 Å². The average molecular weight is 436 g/mol. The van der Waals surface area contributed by atoms with Gasteiger partial charge in [0.1, 0.15) is 6.04 Å². The molecule has 1 saturated heterocycles. The van der Waals surface area contributed by atoms with Crippen molar-refractivity contribution in [2.45, 2.75) is 45.1 Å². The molecule has 2 amide bonds. The Balaban J connectivity index is 1.44. The fraction of sp³-hybridized carbons (Fsp3) is 0.400. The van der Waals surface area contributed by atoms with E-state index in [0.29, 0.717) is 25.4 Å². The molecule has 2 heterocycles. The summed E-state index contributed by atoms with van der Waals surface area (Å²) in [6, 6.07) is 17.1. The van der Waals surface area contributed by atoms with Gasteiger partial charge in [-0.25, -0.2) is 4.98 Å². The maximum Gasteiger partial charge on any atom is 0.249 e. The molecular weight excluding hydrogens is 406 g/mol. The van der Waals surface area contributed by atoms with Crippen molar-refractivity contribution in [3.05, 3.63) is 65.2 Å². The van der Waals surface area contributed by atoms with Crippen LogP contribution in [0, 0.1) is 5.92 Å². The molecule has 3 aromatic rings. The number of thiazole rings is 1. The molecule has 0 saturated carbocycles. The van der Waals surface area contributed by atoms with E-state index in [1.807, 2.05) is 61.2 Å². The van der Waals surface area contributed by atoms with Crippen molar-refractivity contribution in [1.82, 2.24) is 15.2 Å². The van der Waals surface area contributed by atoms with Crippen LogP contribution in [0.4, 0.5) is 0 Å². The number of aromatic nitrogens is 1. The van der Waals surface area contributed by atoms with E-state index in [-0.39, 0.29) is 17.7 Å². The fourth-order valence-corrected chi connectivity index (χ4v) is 5.25. The van der Waals surface area contributed by atoms with Gasteiger partial charge in [0, 0.05) is 25.4 Å². The first kappa shape index (κ1) is 21.5. The molecule has 6 heteroatoms. The summed E-state index contributed by atoms with van der Waals surface area (Å²) < 4.78 is 1.22. The van der Waals surface area contributed by atoms with Crippen molar-refractivity contribution in [2.24, 2.45) is 5.92 Å². The number of amides is 2. The second kappa shape index (κ2) is 9.60. The van der Waals surface area contributed by atoms with Gasteiger partial charge in [-0.05, 0) is 36.5 Å². The largest absolute Gasteiger partial charge is 0.341 e. The Bertz CT molecular complexity index is 1010. The number of para-hydroxylation sites is 1. The summed E-state index contributed by atoms with van der Waals surface area (Å²) in [4.78, 5) is 32.6. The van der Waals surface area contributed by atoms with Gasteiger partial charge in [-0.2, -0.15) is 0 Å². The monoisotopic (exact) mass is 435 g/mol. The van der Waals surface area contributed by atoms with E-state index < -0.39 is 6.04 Å². The number of nitrogens with zero attached hydrogens (tertiary/aromatic N) is 2. The van der Waals surface area contributed by atoms with Gasteiger partial charge in [0.05, 0.1) is 15.2 Å². The lowest BCUT2D eigenvalue weighted by molar-refractivity contribution is -0.137. The van der Waals surface area contributed by atoms with Crippen LogP contribution in [-0.2, 0) is 9.59 Å².